The van der Waals surface area contributed by atoms with Crippen molar-refractivity contribution >= 4 is 0 Å². The third kappa shape index (κ3) is 3.59. The highest BCUT2D eigenvalue weighted by atomic mass is 14.9. The molecule has 1 aromatic heterocycles. The summed E-state index contributed by atoms with van der Waals surface area (Å²) in [6.45, 7) is 6.86. The molecule has 3 rings (SSSR count). The van der Waals surface area contributed by atoms with Crippen LogP contribution in [0.2, 0.25) is 0 Å². The van der Waals surface area contributed by atoms with Gasteiger partial charge in [0.15, 0.2) is 0 Å². The van der Waals surface area contributed by atoms with Gasteiger partial charge in [-0.05, 0) is 53.5 Å². The van der Waals surface area contributed by atoms with Gasteiger partial charge in [0.05, 0.1) is 6.33 Å². The Morgan fingerprint density at radius 3 is 2.50 bits per heavy atom. The highest BCUT2D eigenvalue weighted by molar-refractivity contribution is 5.45. The molecule has 0 aliphatic heterocycles. The molecule has 0 radical (unpaired) electrons. The van der Waals surface area contributed by atoms with Gasteiger partial charge < -0.3 is 4.98 Å². The van der Waals surface area contributed by atoms with Crippen LogP contribution in [-0.4, -0.2) is 9.97 Å². The Balaban J connectivity index is 2.01. The Bertz CT molecular complexity index is 773. The molecule has 2 aromatic carbocycles. The fraction of sp³-hybridized carbons (Fsp3) is 0.318. The molecule has 24 heavy (non-hydrogen) atoms. The summed E-state index contributed by atoms with van der Waals surface area (Å²) >= 11 is 0. The van der Waals surface area contributed by atoms with E-state index in [0.717, 1.165) is 12.8 Å². The van der Waals surface area contributed by atoms with Crippen LogP contribution in [0.4, 0.5) is 0 Å². The van der Waals surface area contributed by atoms with E-state index in [2.05, 4.69) is 73.2 Å². The molecule has 0 fully saturated rings. The Kier molecular flexibility index (Phi) is 5.14. The molecule has 2 nitrogen and oxygen atoms in total. The summed E-state index contributed by atoms with van der Waals surface area (Å²) in [6, 6.07) is 15.4. The maximum atomic E-state index is 4.18. The van der Waals surface area contributed by atoms with Crippen LogP contribution in [0.1, 0.15) is 59.7 Å². The molecule has 0 bridgehead atoms. The average Bonchev–Trinajstić information content (AvgIpc) is 3.11. The summed E-state index contributed by atoms with van der Waals surface area (Å²) in [5, 5.41) is 0. The van der Waals surface area contributed by atoms with Crippen molar-refractivity contribution in [1.29, 1.82) is 0 Å². The van der Waals surface area contributed by atoms with Gasteiger partial charge in [-0.1, -0.05) is 56.3 Å². The lowest BCUT2D eigenvalue weighted by Crippen LogP contribution is -2.05. The Hall–Kier alpha value is -2.35. The van der Waals surface area contributed by atoms with Crippen LogP contribution < -0.4 is 0 Å². The molecule has 3 aromatic rings. The molecular formula is C22H26N2. The lowest BCUT2D eigenvalue weighted by atomic mass is 9.86. The minimum Gasteiger partial charge on any atom is -0.348 e. The minimum atomic E-state index is 0.594. The van der Waals surface area contributed by atoms with E-state index in [9.17, 15) is 0 Å². The number of hydrogen-bond donors (Lipinski definition) is 1. The summed E-state index contributed by atoms with van der Waals surface area (Å²) in [5.74, 6) is 0.594. The van der Waals surface area contributed by atoms with Crippen LogP contribution in [0.3, 0.4) is 0 Å². The zero-order valence-electron chi connectivity index (χ0n) is 14.8. The highest BCUT2D eigenvalue weighted by Crippen LogP contribution is 2.29. The lowest BCUT2D eigenvalue weighted by Gasteiger charge is -2.20. The summed E-state index contributed by atoms with van der Waals surface area (Å²) in [4.78, 5) is 7.44. The van der Waals surface area contributed by atoms with Crippen LogP contribution in [0.25, 0.3) is 0 Å². The van der Waals surface area contributed by atoms with E-state index in [4.69, 9.17) is 0 Å². The largest absolute Gasteiger partial charge is 0.348 e. The standard InChI is InChI=1S/C22H26N2/c1-4-16(2)21-11-10-19(12-18-8-6-5-7-9-18)22(17(21)3)13-20-14-23-15-24-20/h5-11,14-16H,4,12-13H2,1-3H3,(H,23,24). The Morgan fingerprint density at radius 1 is 1.04 bits per heavy atom. The maximum Gasteiger partial charge on any atom is 0.0921 e. The van der Waals surface area contributed by atoms with Crippen molar-refractivity contribution < 1.29 is 0 Å². The molecule has 0 aliphatic rings. The first-order valence-electron chi connectivity index (χ1n) is 8.81. The second kappa shape index (κ2) is 7.48. The number of hydrogen-bond acceptors (Lipinski definition) is 1. The second-order valence-corrected chi connectivity index (χ2v) is 6.64. The van der Waals surface area contributed by atoms with Crippen LogP contribution in [-0.2, 0) is 12.8 Å². The summed E-state index contributed by atoms with van der Waals surface area (Å²) in [6.07, 6.45) is 6.76. The molecule has 0 spiro atoms. The van der Waals surface area contributed by atoms with Gasteiger partial charge in [-0.3, -0.25) is 0 Å². The normalized spacial score (nSPS) is 12.3. The molecular weight excluding hydrogens is 292 g/mol. The zero-order chi connectivity index (χ0) is 16.9. The van der Waals surface area contributed by atoms with Crippen molar-refractivity contribution in [3.63, 3.8) is 0 Å². The van der Waals surface area contributed by atoms with Crippen molar-refractivity contribution in [2.75, 3.05) is 0 Å². The van der Waals surface area contributed by atoms with Crippen molar-refractivity contribution in [2.45, 2.75) is 46.0 Å². The number of aromatic amines is 1. The van der Waals surface area contributed by atoms with E-state index in [1.807, 2.05) is 6.20 Å². The monoisotopic (exact) mass is 318 g/mol. The lowest BCUT2D eigenvalue weighted by molar-refractivity contribution is 0.725. The van der Waals surface area contributed by atoms with Gasteiger partial charge in [-0.2, -0.15) is 0 Å². The quantitative estimate of drug-likeness (QED) is 0.646. The molecule has 1 unspecified atom stereocenters. The molecule has 2 heteroatoms. The SMILES string of the molecule is CCC(C)c1ccc(Cc2ccccc2)c(Cc2cnc[nH]2)c1C. The molecule has 0 saturated carbocycles. The van der Waals surface area contributed by atoms with Gasteiger partial charge in [-0.25, -0.2) is 4.98 Å². The van der Waals surface area contributed by atoms with Gasteiger partial charge in [0.1, 0.15) is 0 Å². The molecule has 0 saturated heterocycles. The Morgan fingerprint density at radius 2 is 1.83 bits per heavy atom. The van der Waals surface area contributed by atoms with Crippen molar-refractivity contribution in [3.8, 4) is 0 Å². The summed E-state index contributed by atoms with van der Waals surface area (Å²) in [5.41, 5.74) is 8.31. The van der Waals surface area contributed by atoms with Crippen LogP contribution in [0.15, 0.2) is 55.0 Å². The van der Waals surface area contributed by atoms with E-state index in [1.54, 1.807) is 6.33 Å². The summed E-state index contributed by atoms with van der Waals surface area (Å²) in [7, 11) is 0. The third-order valence-electron chi connectivity index (χ3n) is 5.04. The molecule has 1 heterocycles. The van der Waals surface area contributed by atoms with E-state index >= 15 is 0 Å². The number of imidazole rings is 1. The molecule has 0 aliphatic carbocycles. The Labute approximate surface area is 145 Å². The average molecular weight is 318 g/mol. The van der Waals surface area contributed by atoms with Gasteiger partial charge in [0.25, 0.3) is 0 Å². The highest BCUT2D eigenvalue weighted by Gasteiger charge is 2.15. The maximum absolute atomic E-state index is 4.18. The molecule has 1 N–H and O–H groups in total. The fourth-order valence-electron chi connectivity index (χ4n) is 3.38. The minimum absolute atomic E-state index is 0.594. The molecule has 1 atom stereocenters. The van der Waals surface area contributed by atoms with Gasteiger partial charge in [0, 0.05) is 18.3 Å². The van der Waals surface area contributed by atoms with Crippen LogP contribution in [0, 0.1) is 6.92 Å². The van der Waals surface area contributed by atoms with Crippen molar-refractivity contribution in [1.82, 2.24) is 9.97 Å². The number of aromatic nitrogens is 2. The first-order valence-corrected chi connectivity index (χ1v) is 8.81. The van der Waals surface area contributed by atoms with E-state index < -0.39 is 0 Å². The number of benzene rings is 2. The van der Waals surface area contributed by atoms with E-state index in [0.29, 0.717) is 5.92 Å². The number of rotatable bonds is 6. The van der Waals surface area contributed by atoms with Gasteiger partial charge in [-0.15, -0.1) is 0 Å². The van der Waals surface area contributed by atoms with Crippen molar-refractivity contribution in [2.24, 2.45) is 0 Å². The molecule has 0 amide bonds. The number of H-pyrrole nitrogens is 1. The zero-order valence-corrected chi connectivity index (χ0v) is 14.8. The van der Waals surface area contributed by atoms with Crippen LogP contribution in [0.5, 0.6) is 0 Å². The van der Waals surface area contributed by atoms with Gasteiger partial charge >= 0.3 is 0 Å². The number of nitrogens with zero attached hydrogens (tertiary/aromatic N) is 1. The number of nitrogens with one attached hydrogen (secondary N) is 1. The van der Waals surface area contributed by atoms with Crippen molar-refractivity contribution in [3.05, 3.63) is 88.5 Å². The topological polar surface area (TPSA) is 28.7 Å². The third-order valence-corrected chi connectivity index (χ3v) is 5.04. The predicted octanol–water partition coefficient (Wildman–Crippen LogP) is 5.41. The van der Waals surface area contributed by atoms with E-state index in [-0.39, 0.29) is 0 Å². The first kappa shape index (κ1) is 16.5. The fourth-order valence-corrected chi connectivity index (χ4v) is 3.38. The predicted molar refractivity (Wildman–Crippen MR) is 101 cm³/mol. The second-order valence-electron chi connectivity index (χ2n) is 6.64. The molecule has 124 valence electrons. The first-order chi connectivity index (χ1) is 11.7. The smallest absolute Gasteiger partial charge is 0.0921 e. The summed E-state index contributed by atoms with van der Waals surface area (Å²) < 4.78 is 0. The van der Waals surface area contributed by atoms with Crippen LogP contribution >= 0.6 is 0 Å². The van der Waals surface area contributed by atoms with E-state index in [1.165, 1.54) is 39.9 Å². The van der Waals surface area contributed by atoms with Gasteiger partial charge in [0.2, 0.25) is 0 Å².